The van der Waals surface area contributed by atoms with Crippen LogP contribution in [0.3, 0.4) is 0 Å². The fourth-order valence-electron chi connectivity index (χ4n) is 4.19. The van der Waals surface area contributed by atoms with Crippen molar-refractivity contribution in [1.29, 1.82) is 0 Å². The summed E-state index contributed by atoms with van der Waals surface area (Å²) in [7, 11) is 0. The van der Waals surface area contributed by atoms with E-state index in [0.29, 0.717) is 54.1 Å². The Morgan fingerprint density at radius 2 is 1.92 bits per heavy atom. The summed E-state index contributed by atoms with van der Waals surface area (Å²) in [5, 5.41) is 12.0. The van der Waals surface area contributed by atoms with E-state index in [2.05, 4.69) is 34.2 Å². The summed E-state index contributed by atoms with van der Waals surface area (Å²) in [5.74, 6) is 2.97. The highest BCUT2D eigenvalue weighted by atomic mass is 16.5. The van der Waals surface area contributed by atoms with E-state index in [-0.39, 0.29) is 0 Å². The number of carbonyl (C=O) groups is 1. The van der Waals surface area contributed by atoms with Crippen molar-refractivity contribution in [3.05, 3.63) is 65.3 Å². The Morgan fingerprint density at radius 3 is 2.67 bits per heavy atom. The number of ketones is 1. The molecule has 2 heterocycles. The van der Waals surface area contributed by atoms with Gasteiger partial charge in [0.1, 0.15) is 24.0 Å². The average Bonchev–Trinajstić information content (AvgIpc) is 3.26. The summed E-state index contributed by atoms with van der Waals surface area (Å²) < 4.78 is 8.00. The van der Waals surface area contributed by atoms with Crippen LogP contribution in [0.25, 0.3) is 21.5 Å². The summed E-state index contributed by atoms with van der Waals surface area (Å²) in [6.45, 7) is 14.3. The molecule has 4 aromatic rings. The molecule has 2 aromatic heterocycles. The Morgan fingerprint density at radius 1 is 1.11 bits per heavy atom. The van der Waals surface area contributed by atoms with Gasteiger partial charge in [-0.05, 0) is 43.4 Å². The molecular formula is C28H32N6O2. The first-order valence-electron chi connectivity index (χ1n) is 12.4. The van der Waals surface area contributed by atoms with Crippen LogP contribution in [0.2, 0.25) is 0 Å². The highest BCUT2D eigenvalue weighted by Crippen LogP contribution is 2.26. The molecule has 0 atom stereocenters. The van der Waals surface area contributed by atoms with Crippen LogP contribution in [0, 0.1) is 19.4 Å². The van der Waals surface area contributed by atoms with E-state index in [4.69, 9.17) is 16.3 Å². The van der Waals surface area contributed by atoms with Gasteiger partial charge in [-0.25, -0.2) is 9.83 Å². The molecule has 0 saturated carbocycles. The number of carbonyl (C=O) groups excluding carboxylic acids is 1. The largest absolute Gasteiger partial charge is 0.489 e. The Bertz CT molecular complexity index is 1390. The number of aryl methyl sites for hydroxylation is 1. The number of rotatable bonds is 12. The quantitative estimate of drug-likeness (QED) is 0.187. The van der Waals surface area contributed by atoms with Crippen molar-refractivity contribution < 1.29 is 9.53 Å². The summed E-state index contributed by atoms with van der Waals surface area (Å²) in [5.41, 5.74) is 4.00. The Kier molecular flexibility index (Phi) is 8.11. The molecule has 0 spiro atoms. The van der Waals surface area contributed by atoms with Crippen LogP contribution in [-0.2, 0) is 11.4 Å². The van der Waals surface area contributed by atoms with Crippen LogP contribution in [0.15, 0.2) is 42.5 Å². The predicted octanol–water partition coefficient (Wildman–Crippen LogP) is 6.30. The molecule has 2 aromatic carbocycles. The zero-order chi connectivity index (χ0) is 25.5. The maximum atomic E-state index is 11.9. The number of nitrogens with zero attached hydrogens (tertiary/aromatic N) is 5. The molecular weight excluding hydrogens is 452 g/mol. The number of nitrogens with one attached hydrogen (secondary N) is 1. The van der Waals surface area contributed by atoms with Crippen molar-refractivity contribution in [2.45, 2.75) is 59.5 Å². The van der Waals surface area contributed by atoms with E-state index < -0.39 is 0 Å². The molecule has 36 heavy (non-hydrogen) atoms. The van der Waals surface area contributed by atoms with E-state index in [1.54, 1.807) is 12.1 Å². The van der Waals surface area contributed by atoms with E-state index >= 15 is 0 Å². The Balaban J connectivity index is 1.42. The second-order valence-electron chi connectivity index (χ2n) is 9.46. The van der Waals surface area contributed by atoms with Crippen molar-refractivity contribution >= 4 is 34.0 Å². The number of hydrogen-bond donors (Lipinski definition) is 1. The third kappa shape index (κ3) is 6.16. The molecule has 8 heteroatoms. The van der Waals surface area contributed by atoms with Crippen molar-refractivity contribution in [1.82, 2.24) is 19.6 Å². The fraction of sp³-hybridized carbons (Fsp3) is 0.393. The van der Waals surface area contributed by atoms with E-state index in [1.807, 2.05) is 41.7 Å². The van der Waals surface area contributed by atoms with E-state index in [9.17, 15) is 4.79 Å². The van der Waals surface area contributed by atoms with Crippen molar-refractivity contribution in [2.75, 3.05) is 11.9 Å². The molecule has 1 N–H and O–H groups in total. The standard InChI is InChI=1S/C28H32N6O2/c1-19(2)16-23(35)8-6-5-7-15-30-27-28-33-32-20(3)34(28)26-14-13-24(17-25(26)31-27)36-18-21-9-11-22(29-4)12-10-21/h9-14,17,19H,5-8,15-16,18H2,1-3H3,(H,30,31). The first-order chi connectivity index (χ1) is 17.4. The summed E-state index contributed by atoms with van der Waals surface area (Å²) in [6.07, 6.45) is 4.18. The number of fused-ring (bicyclic) bond motifs is 3. The minimum Gasteiger partial charge on any atom is -0.489 e. The van der Waals surface area contributed by atoms with Gasteiger partial charge in [-0.3, -0.25) is 9.20 Å². The third-order valence-electron chi connectivity index (χ3n) is 5.99. The van der Waals surface area contributed by atoms with Gasteiger partial charge in [-0.15, -0.1) is 10.2 Å². The molecule has 0 aliphatic rings. The lowest BCUT2D eigenvalue weighted by Gasteiger charge is -2.12. The fourth-order valence-corrected chi connectivity index (χ4v) is 4.19. The van der Waals surface area contributed by atoms with E-state index in [1.165, 1.54) is 0 Å². The predicted molar refractivity (Wildman–Crippen MR) is 141 cm³/mol. The van der Waals surface area contributed by atoms with Crippen LogP contribution in [0.1, 0.15) is 57.3 Å². The lowest BCUT2D eigenvalue weighted by Crippen LogP contribution is -2.07. The van der Waals surface area contributed by atoms with Crippen molar-refractivity contribution in [3.63, 3.8) is 0 Å². The Labute approximate surface area is 211 Å². The third-order valence-corrected chi connectivity index (χ3v) is 5.99. The maximum absolute atomic E-state index is 11.9. The van der Waals surface area contributed by atoms with Gasteiger partial charge in [0, 0.05) is 25.5 Å². The maximum Gasteiger partial charge on any atom is 0.204 e. The SMILES string of the molecule is [C-]#[N+]c1ccc(COc2ccc3c(c2)nc(NCCCCCC(=O)CC(C)C)c2nnc(C)n23)cc1. The van der Waals surface area contributed by atoms with Gasteiger partial charge < -0.3 is 10.1 Å². The molecule has 0 unspecified atom stereocenters. The second kappa shape index (κ2) is 11.6. The van der Waals surface area contributed by atoms with Gasteiger partial charge in [0.25, 0.3) is 0 Å². The van der Waals surface area contributed by atoms with E-state index in [0.717, 1.165) is 48.2 Å². The smallest absolute Gasteiger partial charge is 0.204 e. The topological polar surface area (TPSA) is 85.8 Å². The first-order valence-corrected chi connectivity index (χ1v) is 12.4. The van der Waals surface area contributed by atoms with Crippen LogP contribution in [-0.4, -0.2) is 31.9 Å². The highest BCUT2D eigenvalue weighted by molar-refractivity contribution is 5.84. The van der Waals surface area contributed by atoms with Gasteiger partial charge in [-0.1, -0.05) is 44.5 Å². The summed E-state index contributed by atoms with van der Waals surface area (Å²) in [6, 6.07) is 13.2. The first kappa shape index (κ1) is 25.1. The van der Waals surface area contributed by atoms with Crippen LogP contribution in [0.4, 0.5) is 11.5 Å². The number of Topliss-reactive ketones (excluding diaryl/α,β-unsaturated/α-hetero) is 1. The minimum atomic E-state index is 0.355. The van der Waals surface area contributed by atoms with Crippen LogP contribution in [0.5, 0.6) is 5.75 Å². The van der Waals surface area contributed by atoms with Gasteiger partial charge in [0.15, 0.2) is 11.5 Å². The number of unbranched alkanes of at least 4 members (excludes halogenated alkanes) is 2. The number of ether oxygens (including phenoxy) is 1. The molecule has 0 fully saturated rings. The van der Waals surface area contributed by atoms with Gasteiger partial charge in [0.2, 0.25) is 5.65 Å². The highest BCUT2D eigenvalue weighted by Gasteiger charge is 2.14. The average molecular weight is 485 g/mol. The molecule has 0 amide bonds. The number of aromatic nitrogens is 4. The second-order valence-corrected chi connectivity index (χ2v) is 9.46. The van der Waals surface area contributed by atoms with Crippen molar-refractivity contribution in [2.24, 2.45) is 5.92 Å². The Hall–Kier alpha value is -3.99. The van der Waals surface area contributed by atoms with Gasteiger partial charge >= 0.3 is 0 Å². The number of hydrogen-bond acceptors (Lipinski definition) is 6. The molecule has 0 saturated heterocycles. The number of anilines is 1. The van der Waals surface area contributed by atoms with Crippen LogP contribution < -0.4 is 10.1 Å². The zero-order valence-electron chi connectivity index (χ0n) is 21.1. The summed E-state index contributed by atoms with van der Waals surface area (Å²) in [4.78, 5) is 20.1. The molecule has 8 nitrogen and oxygen atoms in total. The minimum absolute atomic E-state index is 0.355. The van der Waals surface area contributed by atoms with Crippen molar-refractivity contribution in [3.8, 4) is 5.75 Å². The summed E-state index contributed by atoms with van der Waals surface area (Å²) >= 11 is 0. The molecule has 186 valence electrons. The molecule has 0 aliphatic heterocycles. The number of benzene rings is 2. The molecule has 4 rings (SSSR count). The zero-order valence-corrected chi connectivity index (χ0v) is 21.1. The normalized spacial score (nSPS) is 11.2. The monoisotopic (exact) mass is 484 g/mol. The van der Waals surface area contributed by atoms with Crippen LogP contribution >= 0.6 is 0 Å². The van der Waals surface area contributed by atoms with Gasteiger partial charge in [0.05, 0.1) is 17.6 Å². The molecule has 0 bridgehead atoms. The lowest BCUT2D eigenvalue weighted by atomic mass is 10.0. The molecule has 0 aliphatic carbocycles. The van der Waals surface area contributed by atoms with Gasteiger partial charge in [-0.2, -0.15) is 0 Å². The molecule has 0 radical (unpaired) electrons. The lowest BCUT2D eigenvalue weighted by molar-refractivity contribution is -0.119.